The molecular weight excluding hydrogens is 238 g/mol. The second-order valence-corrected chi connectivity index (χ2v) is 4.32. The maximum Gasteiger partial charge on any atom is 0.124 e. The minimum atomic E-state index is 0.148. The summed E-state index contributed by atoms with van der Waals surface area (Å²) in [7, 11) is 0. The van der Waals surface area contributed by atoms with Gasteiger partial charge in [0.1, 0.15) is 11.4 Å². The second-order valence-electron chi connectivity index (χ2n) is 4.32. The second kappa shape index (κ2) is 4.53. The highest BCUT2D eigenvalue weighted by Gasteiger charge is 2.10. The van der Waals surface area contributed by atoms with Gasteiger partial charge in [-0.15, -0.1) is 4.91 Å². The van der Waals surface area contributed by atoms with Gasteiger partial charge >= 0.3 is 0 Å². The first-order chi connectivity index (χ1) is 9.29. The standard InChI is InChI=1S/C16H11NO2/c18-16-10-12-6-2-1-5-11(12)9-14(16)13-7-3-4-8-15(13)17-19/h1-10,18H. The molecule has 0 atom stereocenters. The fourth-order valence-electron chi connectivity index (χ4n) is 2.23. The van der Waals surface area contributed by atoms with Crippen LogP contribution >= 0.6 is 0 Å². The van der Waals surface area contributed by atoms with Gasteiger partial charge in [-0.25, -0.2) is 0 Å². The topological polar surface area (TPSA) is 49.7 Å². The molecule has 0 aromatic heterocycles. The van der Waals surface area contributed by atoms with Crippen molar-refractivity contribution in [1.29, 1.82) is 0 Å². The van der Waals surface area contributed by atoms with E-state index in [1.165, 1.54) is 0 Å². The number of aromatic hydroxyl groups is 1. The normalized spacial score (nSPS) is 10.5. The van der Waals surface area contributed by atoms with Crippen LogP contribution in [0.2, 0.25) is 0 Å². The largest absolute Gasteiger partial charge is 0.507 e. The lowest BCUT2D eigenvalue weighted by molar-refractivity contribution is 0.478. The van der Waals surface area contributed by atoms with Gasteiger partial charge in [0.25, 0.3) is 0 Å². The molecule has 0 saturated carbocycles. The molecule has 0 saturated heterocycles. The van der Waals surface area contributed by atoms with Gasteiger partial charge in [0.15, 0.2) is 0 Å². The number of benzene rings is 3. The summed E-state index contributed by atoms with van der Waals surface area (Å²) in [5.74, 6) is 0.148. The number of rotatable bonds is 2. The van der Waals surface area contributed by atoms with E-state index in [1.54, 1.807) is 24.3 Å². The van der Waals surface area contributed by atoms with Crippen LogP contribution in [0, 0.1) is 4.91 Å². The Morgan fingerprint density at radius 3 is 2.16 bits per heavy atom. The zero-order chi connectivity index (χ0) is 13.2. The number of hydrogen-bond donors (Lipinski definition) is 1. The van der Waals surface area contributed by atoms with E-state index < -0.39 is 0 Å². The average Bonchev–Trinajstić information content (AvgIpc) is 2.46. The molecule has 3 aromatic carbocycles. The molecular formula is C16H11NO2. The molecule has 0 spiro atoms. The summed E-state index contributed by atoms with van der Waals surface area (Å²) in [5.41, 5.74) is 1.59. The van der Waals surface area contributed by atoms with E-state index in [-0.39, 0.29) is 5.75 Å². The first-order valence-electron chi connectivity index (χ1n) is 5.94. The molecule has 3 rings (SSSR count). The maximum atomic E-state index is 10.8. The molecule has 19 heavy (non-hydrogen) atoms. The zero-order valence-corrected chi connectivity index (χ0v) is 10.1. The molecule has 0 aliphatic rings. The van der Waals surface area contributed by atoms with Crippen molar-refractivity contribution in [3.05, 3.63) is 65.6 Å². The first-order valence-corrected chi connectivity index (χ1v) is 5.94. The predicted molar refractivity (Wildman–Crippen MR) is 76.5 cm³/mol. The van der Waals surface area contributed by atoms with E-state index in [1.807, 2.05) is 36.4 Å². The Balaban J connectivity index is 2.30. The lowest BCUT2D eigenvalue weighted by atomic mass is 9.99. The Morgan fingerprint density at radius 2 is 1.42 bits per heavy atom. The van der Waals surface area contributed by atoms with Crippen molar-refractivity contribution < 1.29 is 5.11 Å². The number of phenolic OH excluding ortho intramolecular Hbond substituents is 1. The smallest absolute Gasteiger partial charge is 0.124 e. The van der Waals surface area contributed by atoms with Crippen LogP contribution in [0.5, 0.6) is 5.75 Å². The Hall–Kier alpha value is -2.68. The van der Waals surface area contributed by atoms with Crippen molar-refractivity contribution in [2.24, 2.45) is 5.18 Å². The van der Waals surface area contributed by atoms with Crippen LogP contribution in [0.25, 0.3) is 21.9 Å². The van der Waals surface area contributed by atoms with Gasteiger partial charge in [-0.05, 0) is 34.1 Å². The lowest BCUT2D eigenvalue weighted by Gasteiger charge is -2.08. The number of nitrogens with zero attached hydrogens (tertiary/aromatic N) is 1. The molecule has 3 aromatic rings. The van der Waals surface area contributed by atoms with Crippen molar-refractivity contribution in [3.8, 4) is 16.9 Å². The molecule has 3 heteroatoms. The van der Waals surface area contributed by atoms with E-state index in [2.05, 4.69) is 5.18 Å². The van der Waals surface area contributed by atoms with Gasteiger partial charge in [0.2, 0.25) is 0 Å². The number of fused-ring (bicyclic) bond motifs is 1. The van der Waals surface area contributed by atoms with Gasteiger partial charge in [0, 0.05) is 11.1 Å². The van der Waals surface area contributed by atoms with Crippen molar-refractivity contribution in [3.63, 3.8) is 0 Å². The minimum Gasteiger partial charge on any atom is -0.507 e. The van der Waals surface area contributed by atoms with Gasteiger partial charge in [-0.1, -0.05) is 42.5 Å². The number of nitroso groups, excluding NO2 is 1. The summed E-state index contributed by atoms with van der Waals surface area (Å²) >= 11 is 0. The van der Waals surface area contributed by atoms with Crippen LogP contribution in [0.1, 0.15) is 0 Å². The monoisotopic (exact) mass is 249 g/mol. The molecule has 92 valence electrons. The van der Waals surface area contributed by atoms with Crippen LogP contribution in [-0.2, 0) is 0 Å². The molecule has 0 heterocycles. The molecule has 0 bridgehead atoms. The summed E-state index contributed by atoms with van der Waals surface area (Å²) in [6, 6.07) is 18.3. The molecule has 0 fully saturated rings. The van der Waals surface area contributed by atoms with Crippen LogP contribution in [0.3, 0.4) is 0 Å². The van der Waals surface area contributed by atoms with Crippen LogP contribution in [0.4, 0.5) is 5.69 Å². The first kappa shape index (κ1) is 11.4. The van der Waals surface area contributed by atoms with E-state index >= 15 is 0 Å². The highest BCUT2D eigenvalue weighted by molar-refractivity contribution is 5.92. The Labute approximate surface area is 110 Å². The quantitative estimate of drug-likeness (QED) is 0.674. The summed E-state index contributed by atoms with van der Waals surface area (Å²) in [6.45, 7) is 0. The Morgan fingerprint density at radius 1 is 0.789 bits per heavy atom. The molecule has 3 nitrogen and oxygen atoms in total. The lowest BCUT2D eigenvalue weighted by Crippen LogP contribution is -1.82. The SMILES string of the molecule is O=Nc1ccccc1-c1cc2ccccc2cc1O. The van der Waals surface area contributed by atoms with Crippen molar-refractivity contribution >= 4 is 16.5 Å². The van der Waals surface area contributed by atoms with E-state index in [0.717, 1.165) is 10.8 Å². The van der Waals surface area contributed by atoms with E-state index in [9.17, 15) is 10.0 Å². The van der Waals surface area contributed by atoms with Crippen LogP contribution < -0.4 is 0 Å². The third-order valence-electron chi connectivity index (χ3n) is 3.16. The molecule has 0 unspecified atom stereocenters. The summed E-state index contributed by atoms with van der Waals surface area (Å²) in [5, 5.41) is 15.1. The average molecular weight is 249 g/mol. The molecule has 1 N–H and O–H groups in total. The van der Waals surface area contributed by atoms with E-state index in [0.29, 0.717) is 16.8 Å². The summed E-state index contributed by atoms with van der Waals surface area (Å²) < 4.78 is 0. The van der Waals surface area contributed by atoms with Gasteiger partial charge in [0.05, 0.1) is 0 Å². The van der Waals surface area contributed by atoms with Crippen molar-refractivity contribution in [2.75, 3.05) is 0 Å². The van der Waals surface area contributed by atoms with Gasteiger partial charge in [-0.2, -0.15) is 0 Å². The molecule has 0 aliphatic heterocycles. The molecule has 0 radical (unpaired) electrons. The minimum absolute atomic E-state index is 0.148. The third-order valence-corrected chi connectivity index (χ3v) is 3.16. The van der Waals surface area contributed by atoms with Crippen LogP contribution in [-0.4, -0.2) is 5.11 Å². The van der Waals surface area contributed by atoms with Crippen LogP contribution in [0.15, 0.2) is 65.8 Å². The third kappa shape index (κ3) is 1.95. The Bertz CT molecular complexity index is 766. The maximum absolute atomic E-state index is 10.8. The Kier molecular flexibility index (Phi) is 2.72. The van der Waals surface area contributed by atoms with Crippen molar-refractivity contribution in [2.45, 2.75) is 0 Å². The fraction of sp³-hybridized carbons (Fsp3) is 0. The molecule has 0 aliphatic carbocycles. The highest BCUT2D eigenvalue weighted by atomic mass is 16.3. The summed E-state index contributed by atoms with van der Waals surface area (Å²) in [6.07, 6.45) is 0. The van der Waals surface area contributed by atoms with Crippen molar-refractivity contribution in [1.82, 2.24) is 0 Å². The van der Waals surface area contributed by atoms with E-state index in [4.69, 9.17) is 0 Å². The van der Waals surface area contributed by atoms with Gasteiger partial charge < -0.3 is 5.11 Å². The highest BCUT2D eigenvalue weighted by Crippen LogP contribution is 2.38. The number of hydrogen-bond acceptors (Lipinski definition) is 3. The summed E-state index contributed by atoms with van der Waals surface area (Å²) in [4.78, 5) is 10.8. The zero-order valence-electron chi connectivity index (χ0n) is 10.1. The number of phenols is 1. The predicted octanol–water partition coefficient (Wildman–Crippen LogP) is 4.61. The van der Waals surface area contributed by atoms with Gasteiger partial charge in [-0.3, -0.25) is 0 Å². The molecule has 0 amide bonds. The fourth-order valence-corrected chi connectivity index (χ4v) is 2.23.